The molecule has 0 fully saturated rings. The van der Waals surface area contributed by atoms with Crippen LogP contribution in [0.4, 0.5) is 5.69 Å². The van der Waals surface area contributed by atoms with Crippen molar-refractivity contribution < 1.29 is 5.11 Å². The molecule has 3 N–H and O–H groups in total. The molecule has 2 rings (SSSR count). The SMILES string of the molecule is C[C@H](O)c1nc2ccc(N)cc2n1C. The van der Waals surface area contributed by atoms with Gasteiger partial charge in [-0.15, -0.1) is 0 Å². The molecule has 1 atom stereocenters. The van der Waals surface area contributed by atoms with E-state index in [0.29, 0.717) is 11.5 Å². The van der Waals surface area contributed by atoms with Gasteiger partial charge in [-0.3, -0.25) is 0 Å². The Balaban J connectivity index is 2.74. The summed E-state index contributed by atoms with van der Waals surface area (Å²) in [4.78, 5) is 4.31. The summed E-state index contributed by atoms with van der Waals surface area (Å²) >= 11 is 0. The highest BCUT2D eigenvalue weighted by atomic mass is 16.3. The average Bonchev–Trinajstić information content (AvgIpc) is 2.44. The van der Waals surface area contributed by atoms with E-state index >= 15 is 0 Å². The van der Waals surface area contributed by atoms with Crippen LogP contribution in [0.25, 0.3) is 11.0 Å². The number of aryl methyl sites for hydroxylation is 1. The van der Waals surface area contributed by atoms with E-state index in [-0.39, 0.29) is 0 Å². The molecular weight excluding hydrogens is 178 g/mol. The zero-order chi connectivity index (χ0) is 10.3. The summed E-state index contributed by atoms with van der Waals surface area (Å²) in [5.41, 5.74) is 8.18. The number of aromatic nitrogens is 2. The van der Waals surface area contributed by atoms with Crippen molar-refractivity contribution in [1.29, 1.82) is 0 Å². The molecular formula is C10H13N3O. The van der Waals surface area contributed by atoms with E-state index < -0.39 is 6.10 Å². The van der Waals surface area contributed by atoms with Gasteiger partial charge >= 0.3 is 0 Å². The van der Waals surface area contributed by atoms with E-state index in [1.807, 2.05) is 23.7 Å². The van der Waals surface area contributed by atoms with Crippen LogP contribution in [0, 0.1) is 0 Å². The topological polar surface area (TPSA) is 64.1 Å². The normalized spacial score (nSPS) is 13.4. The van der Waals surface area contributed by atoms with Gasteiger partial charge in [-0.05, 0) is 25.1 Å². The Hall–Kier alpha value is -1.55. The maximum atomic E-state index is 9.46. The Morgan fingerprint density at radius 3 is 2.86 bits per heavy atom. The Kier molecular flexibility index (Phi) is 1.93. The predicted octanol–water partition coefficient (Wildman–Crippen LogP) is 1.21. The molecule has 4 nitrogen and oxygen atoms in total. The first-order valence-corrected chi connectivity index (χ1v) is 4.49. The van der Waals surface area contributed by atoms with Gasteiger partial charge < -0.3 is 15.4 Å². The molecule has 0 aliphatic carbocycles. The number of anilines is 1. The van der Waals surface area contributed by atoms with E-state index in [1.54, 1.807) is 13.0 Å². The molecule has 1 heterocycles. The van der Waals surface area contributed by atoms with Gasteiger partial charge in [0.15, 0.2) is 0 Å². The maximum absolute atomic E-state index is 9.46. The molecule has 0 amide bonds. The standard InChI is InChI=1S/C10H13N3O/c1-6(14)10-12-8-4-3-7(11)5-9(8)13(10)2/h3-6,14H,11H2,1-2H3/t6-/m0/s1. The van der Waals surface area contributed by atoms with Gasteiger partial charge in [-0.2, -0.15) is 0 Å². The lowest BCUT2D eigenvalue weighted by Crippen LogP contribution is -2.01. The average molecular weight is 191 g/mol. The number of hydrogen-bond acceptors (Lipinski definition) is 3. The van der Waals surface area contributed by atoms with E-state index in [2.05, 4.69) is 4.98 Å². The highest BCUT2D eigenvalue weighted by Gasteiger charge is 2.11. The first-order valence-electron chi connectivity index (χ1n) is 4.49. The summed E-state index contributed by atoms with van der Waals surface area (Å²) in [6, 6.07) is 5.52. The zero-order valence-corrected chi connectivity index (χ0v) is 8.23. The van der Waals surface area contributed by atoms with Gasteiger partial charge in [0.2, 0.25) is 0 Å². The monoisotopic (exact) mass is 191 g/mol. The number of nitrogens with zero attached hydrogens (tertiary/aromatic N) is 2. The quantitative estimate of drug-likeness (QED) is 0.666. The molecule has 0 aliphatic rings. The van der Waals surface area contributed by atoms with Crippen molar-refractivity contribution in [2.45, 2.75) is 13.0 Å². The first-order chi connectivity index (χ1) is 6.59. The molecule has 0 spiro atoms. The van der Waals surface area contributed by atoms with E-state index in [4.69, 9.17) is 5.73 Å². The van der Waals surface area contributed by atoms with Crippen molar-refractivity contribution >= 4 is 16.7 Å². The number of nitrogen functional groups attached to an aromatic ring is 1. The lowest BCUT2D eigenvalue weighted by Gasteiger charge is -2.03. The highest BCUT2D eigenvalue weighted by molar-refractivity contribution is 5.79. The smallest absolute Gasteiger partial charge is 0.138 e. The minimum absolute atomic E-state index is 0.561. The number of imidazole rings is 1. The predicted molar refractivity (Wildman–Crippen MR) is 55.8 cm³/mol. The van der Waals surface area contributed by atoms with Crippen molar-refractivity contribution in [2.24, 2.45) is 7.05 Å². The van der Waals surface area contributed by atoms with Crippen molar-refractivity contribution in [3.05, 3.63) is 24.0 Å². The Morgan fingerprint density at radius 2 is 2.21 bits per heavy atom. The fourth-order valence-corrected chi connectivity index (χ4v) is 1.60. The maximum Gasteiger partial charge on any atom is 0.138 e. The van der Waals surface area contributed by atoms with Gasteiger partial charge in [0.25, 0.3) is 0 Å². The van der Waals surface area contributed by atoms with Gasteiger partial charge in [-0.1, -0.05) is 0 Å². The van der Waals surface area contributed by atoms with Crippen LogP contribution in [-0.4, -0.2) is 14.7 Å². The van der Waals surface area contributed by atoms with Crippen LogP contribution in [-0.2, 0) is 7.05 Å². The number of aliphatic hydroxyl groups excluding tert-OH is 1. The van der Waals surface area contributed by atoms with Crippen molar-refractivity contribution in [3.63, 3.8) is 0 Å². The summed E-state index contributed by atoms with van der Waals surface area (Å²) in [6.07, 6.45) is -0.561. The largest absolute Gasteiger partial charge is 0.399 e. The van der Waals surface area contributed by atoms with Crippen LogP contribution < -0.4 is 5.73 Å². The van der Waals surface area contributed by atoms with Crippen LogP contribution in [0.15, 0.2) is 18.2 Å². The van der Waals surface area contributed by atoms with Crippen molar-refractivity contribution in [1.82, 2.24) is 9.55 Å². The number of aliphatic hydroxyl groups is 1. The van der Waals surface area contributed by atoms with Crippen LogP contribution in [0.3, 0.4) is 0 Å². The third kappa shape index (κ3) is 1.24. The molecule has 1 aromatic heterocycles. The molecule has 0 radical (unpaired) electrons. The van der Waals surface area contributed by atoms with E-state index in [9.17, 15) is 5.11 Å². The highest BCUT2D eigenvalue weighted by Crippen LogP contribution is 2.21. The second kappa shape index (κ2) is 2.99. The molecule has 0 saturated heterocycles. The summed E-state index contributed by atoms with van der Waals surface area (Å²) in [5, 5.41) is 9.46. The third-order valence-electron chi connectivity index (χ3n) is 2.31. The van der Waals surface area contributed by atoms with Gasteiger partial charge in [0, 0.05) is 12.7 Å². The fraction of sp³-hybridized carbons (Fsp3) is 0.300. The Morgan fingerprint density at radius 1 is 1.50 bits per heavy atom. The lowest BCUT2D eigenvalue weighted by atomic mass is 10.3. The van der Waals surface area contributed by atoms with E-state index in [1.165, 1.54) is 0 Å². The lowest BCUT2D eigenvalue weighted by molar-refractivity contribution is 0.186. The zero-order valence-electron chi connectivity index (χ0n) is 8.23. The molecule has 0 bridgehead atoms. The number of fused-ring (bicyclic) bond motifs is 1. The van der Waals surface area contributed by atoms with E-state index in [0.717, 1.165) is 11.0 Å². The minimum atomic E-state index is -0.561. The summed E-state index contributed by atoms with van der Waals surface area (Å²) < 4.78 is 1.86. The van der Waals surface area contributed by atoms with Crippen molar-refractivity contribution in [2.75, 3.05) is 5.73 Å². The summed E-state index contributed by atoms with van der Waals surface area (Å²) in [7, 11) is 1.87. The molecule has 4 heteroatoms. The molecule has 0 unspecified atom stereocenters. The molecule has 2 aromatic rings. The molecule has 1 aromatic carbocycles. The number of nitrogens with two attached hydrogens (primary N) is 1. The fourth-order valence-electron chi connectivity index (χ4n) is 1.60. The van der Waals surface area contributed by atoms with Gasteiger partial charge in [0.1, 0.15) is 11.9 Å². The number of rotatable bonds is 1. The van der Waals surface area contributed by atoms with Crippen LogP contribution in [0.2, 0.25) is 0 Å². The first kappa shape index (κ1) is 9.02. The third-order valence-corrected chi connectivity index (χ3v) is 2.31. The van der Waals surface area contributed by atoms with Crippen molar-refractivity contribution in [3.8, 4) is 0 Å². The molecule has 14 heavy (non-hydrogen) atoms. The van der Waals surface area contributed by atoms with Gasteiger partial charge in [-0.25, -0.2) is 4.98 Å². The second-order valence-electron chi connectivity index (χ2n) is 3.45. The second-order valence-corrected chi connectivity index (χ2v) is 3.45. The summed E-state index contributed by atoms with van der Waals surface area (Å²) in [6.45, 7) is 1.70. The summed E-state index contributed by atoms with van der Waals surface area (Å²) in [5.74, 6) is 0.658. The van der Waals surface area contributed by atoms with Crippen LogP contribution in [0.1, 0.15) is 18.9 Å². The van der Waals surface area contributed by atoms with Gasteiger partial charge in [0.05, 0.1) is 11.0 Å². The molecule has 74 valence electrons. The van der Waals surface area contributed by atoms with Crippen LogP contribution in [0.5, 0.6) is 0 Å². The Bertz CT molecular complexity index is 473. The van der Waals surface area contributed by atoms with Crippen LogP contribution >= 0.6 is 0 Å². The number of hydrogen-bond donors (Lipinski definition) is 2. The molecule has 0 saturated carbocycles. The number of benzene rings is 1. The minimum Gasteiger partial charge on any atom is -0.399 e. The Labute approximate surface area is 82.0 Å². The molecule has 0 aliphatic heterocycles.